The number of sulfonamides is 1. The maximum absolute atomic E-state index is 12.0. The Morgan fingerprint density at radius 1 is 1.40 bits per heavy atom. The number of carboxylic acid groups (broad SMARTS) is 1. The van der Waals surface area contributed by atoms with Gasteiger partial charge in [0.05, 0.1) is 12.9 Å². The molecule has 0 heterocycles. The molecule has 112 valence electrons. The number of methoxy groups -OCH3 is 1. The predicted octanol–water partition coefficient (Wildman–Crippen LogP) is 1.22. The van der Waals surface area contributed by atoms with Gasteiger partial charge in [-0.1, -0.05) is 26.0 Å². The number of nitrogens with one attached hydrogen (secondary N) is 1. The summed E-state index contributed by atoms with van der Waals surface area (Å²) < 4.78 is 31.2. The molecule has 1 unspecified atom stereocenters. The van der Waals surface area contributed by atoms with E-state index in [0.717, 1.165) is 0 Å². The van der Waals surface area contributed by atoms with Crippen molar-refractivity contribution in [3.63, 3.8) is 0 Å². The van der Waals surface area contributed by atoms with Crippen molar-refractivity contribution in [2.75, 3.05) is 7.11 Å². The fourth-order valence-corrected chi connectivity index (χ4v) is 3.15. The summed E-state index contributed by atoms with van der Waals surface area (Å²) >= 11 is 0. The Morgan fingerprint density at radius 3 is 2.55 bits per heavy atom. The largest absolute Gasteiger partial charge is 0.497 e. The molecule has 20 heavy (non-hydrogen) atoms. The number of hydrogen-bond donors (Lipinski definition) is 2. The van der Waals surface area contributed by atoms with Gasteiger partial charge >= 0.3 is 5.97 Å². The van der Waals surface area contributed by atoms with Gasteiger partial charge in [-0.15, -0.1) is 0 Å². The van der Waals surface area contributed by atoms with Gasteiger partial charge in [-0.3, -0.25) is 4.79 Å². The molecule has 0 aliphatic heterocycles. The number of benzene rings is 1. The number of rotatable bonds is 7. The van der Waals surface area contributed by atoms with Gasteiger partial charge in [-0.2, -0.15) is 0 Å². The van der Waals surface area contributed by atoms with Crippen LogP contribution in [0.4, 0.5) is 0 Å². The van der Waals surface area contributed by atoms with Crippen molar-refractivity contribution in [2.45, 2.75) is 25.6 Å². The molecule has 0 bridgehead atoms. The Morgan fingerprint density at radius 2 is 2.05 bits per heavy atom. The highest BCUT2D eigenvalue weighted by atomic mass is 32.2. The first-order valence-electron chi connectivity index (χ1n) is 6.11. The van der Waals surface area contributed by atoms with E-state index in [9.17, 15) is 13.2 Å². The molecule has 1 aromatic carbocycles. The quantitative estimate of drug-likeness (QED) is 0.790. The van der Waals surface area contributed by atoms with Crippen molar-refractivity contribution in [3.8, 4) is 5.75 Å². The molecule has 2 N–H and O–H groups in total. The molecule has 0 amide bonds. The van der Waals surface area contributed by atoms with E-state index in [0.29, 0.717) is 11.3 Å². The third kappa shape index (κ3) is 4.82. The highest BCUT2D eigenvalue weighted by Crippen LogP contribution is 2.15. The van der Waals surface area contributed by atoms with Crippen LogP contribution < -0.4 is 9.46 Å². The van der Waals surface area contributed by atoms with E-state index < -0.39 is 22.0 Å². The van der Waals surface area contributed by atoms with E-state index in [1.54, 1.807) is 38.1 Å². The number of hydrogen-bond acceptors (Lipinski definition) is 4. The van der Waals surface area contributed by atoms with Crippen molar-refractivity contribution >= 4 is 16.0 Å². The smallest absolute Gasteiger partial charge is 0.321 e. The lowest BCUT2D eigenvalue weighted by Gasteiger charge is -2.18. The maximum Gasteiger partial charge on any atom is 0.321 e. The highest BCUT2D eigenvalue weighted by molar-refractivity contribution is 7.88. The molecule has 0 fully saturated rings. The average molecular weight is 301 g/mol. The van der Waals surface area contributed by atoms with Gasteiger partial charge < -0.3 is 9.84 Å². The second-order valence-corrected chi connectivity index (χ2v) is 6.54. The minimum absolute atomic E-state index is 0.291. The Bertz CT molecular complexity index is 568. The molecule has 1 atom stereocenters. The van der Waals surface area contributed by atoms with Crippen molar-refractivity contribution in [1.29, 1.82) is 0 Å². The third-order valence-corrected chi connectivity index (χ3v) is 4.06. The summed E-state index contributed by atoms with van der Waals surface area (Å²) in [6, 6.07) is 5.50. The summed E-state index contributed by atoms with van der Waals surface area (Å²) in [5, 5.41) is 9.01. The van der Waals surface area contributed by atoms with Crippen LogP contribution in [0.3, 0.4) is 0 Å². The van der Waals surface area contributed by atoms with Crippen LogP contribution in [0.2, 0.25) is 0 Å². The fourth-order valence-electron chi connectivity index (χ4n) is 1.69. The zero-order valence-corrected chi connectivity index (χ0v) is 12.5. The van der Waals surface area contributed by atoms with E-state index in [1.165, 1.54) is 7.11 Å². The summed E-state index contributed by atoms with van der Waals surface area (Å²) in [5.41, 5.74) is 0.532. The number of carboxylic acids is 1. The Hall–Kier alpha value is -1.60. The van der Waals surface area contributed by atoms with Crippen LogP contribution in [0.15, 0.2) is 24.3 Å². The van der Waals surface area contributed by atoms with Gasteiger partial charge in [-0.05, 0) is 23.6 Å². The molecular weight excluding hydrogens is 282 g/mol. The summed E-state index contributed by atoms with van der Waals surface area (Å²) in [4.78, 5) is 11.0. The Balaban J connectivity index is 2.86. The van der Waals surface area contributed by atoms with Crippen LogP contribution in [0.25, 0.3) is 0 Å². The van der Waals surface area contributed by atoms with Crippen LogP contribution in [0, 0.1) is 5.92 Å². The lowest BCUT2D eigenvalue weighted by atomic mass is 10.1. The summed E-state index contributed by atoms with van der Waals surface area (Å²) in [5.74, 6) is -1.26. The van der Waals surface area contributed by atoms with E-state index in [-0.39, 0.29) is 11.7 Å². The highest BCUT2D eigenvalue weighted by Gasteiger charge is 2.27. The first kappa shape index (κ1) is 16.5. The molecule has 0 spiro atoms. The monoisotopic (exact) mass is 301 g/mol. The molecule has 0 saturated heterocycles. The van der Waals surface area contributed by atoms with Gasteiger partial charge in [0, 0.05) is 0 Å². The van der Waals surface area contributed by atoms with Crippen LogP contribution in [-0.2, 0) is 20.6 Å². The van der Waals surface area contributed by atoms with Crippen molar-refractivity contribution in [3.05, 3.63) is 29.8 Å². The molecule has 6 nitrogen and oxygen atoms in total. The van der Waals surface area contributed by atoms with Gasteiger partial charge in [0.25, 0.3) is 0 Å². The number of aliphatic carboxylic acids is 1. The van der Waals surface area contributed by atoms with E-state index in [1.807, 2.05) is 0 Å². The normalized spacial score (nSPS) is 13.2. The van der Waals surface area contributed by atoms with Crippen LogP contribution in [0.5, 0.6) is 5.75 Å². The molecule has 0 saturated carbocycles. The lowest BCUT2D eigenvalue weighted by Crippen LogP contribution is -2.44. The first-order chi connectivity index (χ1) is 9.25. The molecule has 0 radical (unpaired) electrons. The van der Waals surface area contributed by atoms with Gasteiger partial charge in [0.15, 0.2) is 0 Å². The van der Waals surface area contributed by atoms with Crippen molar-refractivity contribution in [1.82, 2.24) is 4.72 Å². The topological polar surface area (TPSA) is 92.7 Å². The van der Waals surface area contributed by atoms with Gasteiger partial charge in [0.1, 0.15) is 11.8 Å². The minimum atomic E-state index is -3.74. The molecule has 1 aromatic rings. The second-order valence-electron chi connectivity index (χ2n) is 4.79. The second kappa shape index (κ2) is 6.71. The molecule has 1 rings (SSSR count). The van der Waals surface area contributed by atoms with E-state index in [4.69, 9.17) is 9.84 Å². The van der Waals surface area contributed by atoms with Crippen molar-refractivity contribution in [2.24, 2.45) is 5.92 Å². The minimum Gasteiger partial charge on any atom is -0.497 e. The average Bonchev–Trinajstić information content (AvgIpc) is 2.35. The first-order valence-corrected chi connectivity index (χ1v) is 7.76. The van der Waals surface area contributed by atoms with Gasteiger partial charge in [-0.25, -0.2) is 13.1 Å². The third-order valence-electron chi connectivity index (χ3n) is 2.73. The van der Waals surface area contributed by atoms with E-state index in [2.05, 4.69) is 4.72 Å². The maximum atomic E-state index is 12.0. The molecule has 0 aromatic heterocycles. The van der Waals surface area contributed by atoms with Crippen LogP contribution in [0.1, 0.15) is 19.4 Å². The molecule has 0 aliphatic rings. The fraction of sp³-hybridized carbons (Fsp3) is 0.462. The molecule has 7 heteroatoms. The Kier molecular flexibility index (Phi) is 5.52. The summed E-state index contributed by atoms with van der Waals surface area (Å²) in [6.07, 6.45) is 0. The Labute approximate surface area is 118 Å². The molecular formula is C13H19NO5S. The van der Waals surface area contributed by atoms with Crippen LogP contribution >= 0.6 is 0 Å². The number of carbonyl (C=O) groups is 1. The SMILES string of the molecule is COc1cccc(CS(=O)(=O)NC(C(=O)O)C(C)C)c1. The molecule has 0 aliphatic carbocycles. The summed E-state index contributed by atoms with van der Waals surface area (Å²) in [6.45, 7) is 3.29. The van der Waals surface area contributed by atoms with Crippen molar-refractivity contribution < 1.29 is 23.1 Å². The zero-order chi connectivity index (χ0) is 15.3. The zero-order valence-electron chi connectivity index (χ0n) is 11.7. The lowest BCUT2D eigenvalue weighted by molar-refractivity contribution is -0.140. The standard InChI is InChI=1S/C13H19NO5S/c1-9(2)12(13(15)16)14-20(17,18)8-10-5-4-6-11(7-10)19-3/h4-7,9,12,14H,8H2,1-3H3,(H,15,16). The number of ether oxygens (including phenoxy) is 1. The predicted molar refractivity (Wildman–Crippen MR) is 75.0 cm³/mol. The van der Waals surface area contributed by atoms with Gasteiger partial charge in [0.2, 0.25) is 10.0 Å². The van der Waals surface area contributed by atoms with E-state index >= 15 is 0 Å². The van der Waals surface area contributed by atoms with Crippen LogP contribution in [-0.4, -0.2) is 32.6 Å². The summed E-state index contributed by atoms with van der Waals surface area (Å²) in [7, 11) is -2.24.